The summed E-state index contributed by atoms with van der Waals surface area (Å²) in [7, 11) is 0. The standard InChI is InChI=1S/C19H30N2O3/c1-4-13-5-6-15-14(10-13)7-8-21-16(15)11-19(24,18(22)23)17(20)9-12(2)3/h7-8,12-13,17,24H,4-6,9-11,20H2,1-3H3,(H,22,23)/t13?,17-,19+/m0/s1. The van der Waals surface area contributed by atoms with Gasteiger partial charge in [-0.3, -0.25) is 4.98 Å². The van der Waals surface area contributed by atoms with Gasteiger partial charge in [-0.1, -0.05) is 27.2 Å². The van der Waals surface area contributed by atoms with Gasteiger partial charge in [0.1, 0.15) is 0 Å². The molecule has 1 aromatic rings. The number of hydrogen-bond donors (Lipinski definition) is 3. The summed E-state index contributed by atoms with van der Waals surface area (Å²) < 4.78 is 0. The Hall–Kier alpha value is -1.46. The molecule has 0 aliphatic heterocycles. The van der Waals surface area contributed by atoms with Crippen molar-refractivity contribution in [3.05, 3.63) is 29.1 Å². The van der Waals surface area contributed by atoms with Crippen LogP contribution in [0.15, 0.2) is 12.3 Å². The van der Waals surface area contributed by atoms with Crippen LogP contribution in [0.3, 0.4) is 0 Å². The quantitative estimate of drug-likeness (QED) is 0.711. The van der Waals surface area contributed by atoms with Gasteiger partial charge >= 0.3 is 5.97 Å². The van der Waals surface area contributed by atoms with E-state index in [-0.39, 0.29) is 12.3 Å². The van der Waals surface area contributed by atoms with Gasteiger partial charge in [0, 0.05) is 24.4 Å². The van der Waals surface area contributed by atoms with E-state index in [0.717, 1.165) is 31.2 Å². The van der Waals surface area contributed by atoms with Crippen molar-refractivity contribution < 1.29 is 15.0 Å². The Kier molecular flexibility index (Phi) is 5.99. The summed E-state index contributed by atoms with van der Waals surface area (Å²) in [6, 6.07) is 1.20. The van der Waals surface area contributed by atoms with Crippen LogP contribution in [0, 0.1) is 11.8 Å². The zero-order valence-electron chi connectivity index (χ0n) is 15.0. The molecular formula is C19H30N2O3. The fourth-order valence-corrected chi connectivity index (χ4v) is 3.66. The highest BCUT2D eigenvalue weighted by atomic mass is 16.4. The Morgan fingerprint density at radius 3 is 2.79 bits per heavy atom. The number of carboxylic acid groups (broad SMARTS) is 1. The first-order valence-electron chi connectivity index (χ1n) is 8.94. The molecule has 1 heterocycles. The van der Waals surface area contributed by atoms with Crippen molar-refractivity contribution in [1.82, 2.24) is 4.98 Å². The van der Waals surface area contributed by atoms with Crippen molar-refractivity contribution in [3.63, 3.8) is 0 Å². The van der Waals surface area contributed by atoms with Gasteiger partial charge in [-0.15, -0.1) is 0 Å². The third-order valence-electron chi connectivity index (χ3n) is 5.28. The highest BCUT2D eigenvalue weighted by molar-refractivity contribution is 5.78. The molecule has 1 aromatic heterocycles. The number of aliphatic carboxylic acids is 1. The van der Waals surface area contributed by atoms with E-state index in [1.54, 1.807) is 6.20 Å². The number of fused-ring (bicyclic) bond motifs is 1. The maximum atomic E-state index is 11.8. The first-order valence-corrected chi connectivity index (χ1v) is 8.94. The monoisotopic (exact) mass is 334 g/mol. The maximum Gasteiger partial charge on any atom is 0.337 e. The van der Waals surface area contributed by atoms with Crippen LogP contribution in [0.4, 0.5) is 0 Å². The minimum absolute atomic E-state index is 0.0316. The van der Waals surface area contributed by atoms with E-state index < -0.39 is 17.6 Å². The summed E-state index contributed by atoms with van der Waals surface area (Å²) in [5.74, 6) is -0.375. The molecule has 0 amide bonds. The Labute approximate surface area is 144 Å². The number of rotatable bonds is 7. The largest absolute Gasteiger partial charge is 0.479 e. The van der Waals surface area contributed by atoms with E-state index in [1.165, 1.54) is 5.56 Å². The lowest BCUT2D eigenvalue weighted by molar-refractivity contribution is -0.161. The van der Waals surface area contributed by atoms with Crippen molar-refractivity contribution in [1.29, 1.82) is 0 Å². The summed E-state index contributed by atoms with van der Waals surface area (Å²) in [6.45, 7) is 6.14. The van der Waals surface area contributed by atoms with Crippen LogP contribution in [-0.2, 0) is 24.1 Å². The highest BCUT2D eigenvalue weighted by Gasteiger charge is 2.43. The number of pyridine rings is 1. The Morgan fingerprint density at radius 1 is 1.50 bits per heavy atom. The van der Waals surface area contributed by atoms with Crippen LogP contribution in [0.2, 0.25) is 0 Å². The van der Waals surface area contributed by atoms with Gasteiger partial charge in [-0.05, 0) is 54.7 Å². The van der Waals surface area contributed by atoms with E-state index in [4.69, 9.17) is 5.73 Å². The topological polar surface area (TPSA) is 96.4 Å². The number of nitrogens with two attached hydrogens (primary N) is 1. The van der Waals surface area contributed by atoms with Crippen molar-refractivity contribution >= 4 is 5.97 Å². The van der Waals surface area contributed by atoms with Gasteiger partial charge in [0.05, 0.1) is 0 Å². The predicted octanol–water partition coefficient (Wildman–Crippen LogP) is 2.33. The third kappa shape index (κ3) is 3.95. The Morgan fingerprint density at radius 2 is 2.21 bits per heavy atom. The van der Waals surface area contributed by atoms with Crippen LogP contribution < -0.4 is 5.73 Å². The van der Waals surface area contributed by atoms with Gasteiger partial charge in [0.15, 0.2) is 5.60 Å². The van der Waals surface area contributed by atoms with Crippen molar-refractivity contribution in [3.8, 4) is 0 Å². The number of carbonyl (C=O) groups is 1. The van der Waals surface area contributed by atoms with Gasteiger partial charge in [-0.2, -0.15) is 0 Å². The lowest BCUT2D eigenvalue weighted by Gasteiger charge is -2.32. The second kappa shape index (κ2) is 7.62. The molecule has 0 fully saturated rings. The van der Waals surface area contributed by atoms with Crippen molar-refractivity contribution in [2.24, 2.45) is 17.6 Å². The first-order chi connectivity index (χ1) is 11.3. The summed E-state index contributed by atoms with van der Waals surface area (Å²) >= 11 is 0. The Bertz CT molecular complexity index is 588. The lowest BCUT2D eigenvalue weighted by atomic mass is 9.79. The average Bonchev–Trinajstić information content (AvgIpc) is 2.53. The van der Waals surface area contributed by atoms with Crippen molar-refractivity contribution in [2.75, 3.05) is 0 Å². The highest BCUT2D eigenvalue weighted by Crippen LogP contribution is 2.31. The Balaban J connectivity index is 2.29. The fourth-order valence-electron chi connectivity index (χ4n) is 3.66. The van der Waals surface area contributed by atoms with E-state index in [2.05, 4.69) is 11.9 Å². The summed E-state index contributed by atoms with van der Waals surface area (Å²) in [6.07, 6.45) is 6.28. The van der Waals surface area contributed by atoms with Crippen LogP contribution >= 0.6 is 0 Å². The van der Waals surface area contributed by atoms with E-state index in [0.29, 0.717) is 18.0 Å². The number of nitrogens with zero attached hydrogens (tertiary/aromatic N) is 1. The number of carboxylic acids is 1. The number of aromatic nitrogens is 1. The molecule has 1 aliphatic carbocycles. The molecule has 0 spiro atoms. The zero-order valence-corrected chi connectivity index (χ0v) is 15.0. The molecule has 3 atom stereocenters. The normalized spacial score (nSPS) is 21.2. The predicted molar refractivity (Wildman–Crippen MR) is 93.8 cm³/mol. The molecule has 24 heavy (non-hydrogen) atoms. The van der Waals surface area contributed by atoms with Crippen molar-refractivity contribution in [2.45, 2.75) is 70.9 Å². The van der Waals surface area contributed by atoms with E-state index in [9.17, 15) is 15.0 Å². The van der Waals surface area contributed by atoms with Crippen LogP contribution in [0.1, 0.15) is 56.9 Å². The molecule has 0 aromatic carbocycles. The van der Waals surface area contributed by atoms with Gasteiger partial charge < -0.3 is 15.9 Å². The summed E-state index contributed by atoms with van der Waals surface area (Å²) in [5.41, 5.74) is 7.12. The number of hydrogen-bond acceptors (Lipinski definition) is 4. The van der Waals surface area contributed by atoms with E-state index in [1.807, 2.05) is 19.9 Å². The molecule has 0 bridgehead atoms. The summed E-state index contributed by atoms with van der Waals surface area (Å²) in [4.78, 5) is 16.2. The lowest BCUT2D eigenvalue weighted by Crippen LogP contribution is -2.56. The van der Waals surface area contributed by atoms with Gasteiger partial charge in [-0.25, -0.2) is 4.79 Å². The van der Waals surface area contributed by atoms with Gasteiger partial charge in [0.2, 0.25) is 0 Å². The smallest absolute Gasteiger partial charge is 0.337 e. The SMILES string of the molecule is CCC1CCc2c(ccnc2C[C@](O)(C(=O)O)[C@@H](N)CC(C)C)C1. The van der Waals surface area contributed by atoms with Crippen LogP contribution in [0.5, 0.6) is 0 Å². The van der Waals surface area contributed by atoms with Crippen LogP contribution in [0.25, 0.3) is 0 Å². The minimum atomic E-state index is -1.98. The average molecular weight is 334 g/mol. The first kappa shape index (κ1) is 18.9. The van der Waals surface area contributed by atoms with Crippen LogP contribution in [-0.4, -0.2) is 32.8 Å². The molecule has 134 valence electrons. The molecule has 2 rings (SSSR count). The third-order valence-corrected chi connectivity index (χ3v) is 5.28. The molecule has 5 nitrogen and oxygen atoms in total. The molecule has 1 aliphatic rings. The molecule has 0 radical (unpaired) electrons. The van der Waals surface area contributed by atoms with E-state index >= 15 is 0 Å². The minimum Gasteiger partial charge on any atom is -0.479 e. The molecule has 4 N–H and O–H groups in total. The number of aliphatic hydroxyl groups is 1. The second-order valence-corrected chi connectivity index (χ2v) is 7.55. The fraction of sp³-hybridized carbons (Fsp3) is 0.684. The molecular weight excluding hydrogens is 304 g/mol. The molecule has 0 saturated heterocycles. The molecule has 1 unspecified atom stereocenters. The second-order valence-electron chi connectivity index (χ2n) is 7.55. The zero-order chi connectivity index (χ0) is 17.9. The summed E-state index contributed by atoms with van der Waals surface area (Å²) in [5, 5.41) is 20.4. The maximum absolute atomic E-state index is 11.8. The molecule has 5 heteroatoms. The molecule has 0 saturated carbocycles. The van der Waals surface area contributed by atoms with Gasteiger partial charge in [0.25, 0.3) is 0 Å².